The van der Waals surface area contributed by atoms with Crippen LogP contribution in [-0.2, 0) is 0 Å². The summed E-state index contributed by atoms with van der Waals surface area (Å²) in [6, 6.07) is 17.7. The zero-order valence-corrected chi connectivity index (χ0v) is 14.5. The van der Waals surface area contributed by atoms with Crippen molar-refractivity contribution >= 4 is 11.7 Å². The van der Waals surface area contributed by atoms with E-state index in [1.54, 1.807) is 0 Å². The van der Waals surface area contributed by atoms with Crippen LogP contribution in [0.25, 0.3) is 0 Å². The molecule has 2 amide bonds. The van der Waals surface area contributed by atoms with Gasteiger partial charge in [0.05, 0.1) is 6.17 Å². The smallest absolute Gasteiger partial charge is 0.320 e. The summed E-state index contributed by atoms with van der Waals surface area (Å²) in [4.78, 5) is 14.2. The van der Waals surface area contributed by atoms with Gasteiger partial charge in [-0.2, -0.15) is 0 Å². The molecule has 4 heteroatoms. The Morgan fingerprint density at radius 3 is 2.33 bits per heavy atom. The molecule has 2 aromatic carbocycles. The van der Waals surface area contributed by atoms with Gasteiger partial charge >= 0.3 is 6.03 Å². The molecule has 2 N–H and O–H groups in total. The van der Waals surface area contributed by atoms with Gasteiger partial charge in [0, 0.05) is 11.6 Å². The Kier molecular flexibility index (Phi) is 6.15. The molecule has 0 spiro atoms. The molecule has 2 unspecified atom stereocenters. The highest BCUT2D eigenvalue weighted by molar-refractivity contribution is 5.90. The summed E-state index contributed by atoms with van der Waals surface area (Å²) in [5, 5.41) is 5.86. The number of carbonyl (C=O) groups is 1. The number of allylic oxidation sites excluding steroid dienone is 1. The monoisotopic (exact) mass is 323 g/mol. The van der Waals surface area contributed by atoms with E-state index in [-0.39, 0.29) is 18.1 Å². The van der Waals surface area contributed by atoms with Crippen LogP contribution in [0.3, 0.4) is 0 Å². The number of urea groups is 1. The molecule has 0 saturated heterocycles. The molecule has 126 valence electrons. The van der Waals surface area contributed by atoms with Gasteiger partial charge in [-0.1, -0.05) is 54.6 Å². The van der Waals surface area contributed by atoms with Crippen LogP contribution in [-0.4, -0.2) is 31.2 Å². The maximum atomic E-state index is 12.3. The second kappa shape index (κ2) is 8.31. The number of hydrogen-bond acceptors (Lipinski definition) is 2. The SMILES string of the molecule is C=CC(c1ccccc1)c1ccccc1NC(=O)NC(C)N(C)C. The highest BCUT2D eigenvalue weighted by Gasteiger charge is 2.16. The van der Waals surface area contributed by atoms with E-state index < -0.39 is 0 Å². The van der Waals surface area contributed by atoms with E-state index in [2.05, 4.69) is 29.3 Å². The number of nitrogens with zero attached hydrogens (tertiary/aromatic N) is 1. The van der Waals surface area contributed by atoms with Crippen molar-refractivity contribution in [2.75, 3.05) is 19.4 Å². The molecule has 0 radical (unpaired) electrons. The number of hydrogen-bond donors (Lipinski definition) is 2. The van der Waals surface area contributed by atoms with E-state index in [9.17, 15) is 4.79 Å². The summed E-state index contributed by atoms with van der Waals surface area (Å²) in [6.45, 7) is 5.90. The molecule has 0 aliphatic rings. The Balaban J connectivity index is 2.24. The number of benzene rings is 2. The van der Waals surface area contributed by atoms with E-state index in [1.807, 2.05) is 74.5 Å². The van der Waals surface area contributed by atoms with Gasteiger partial charge in [0.25, 0.3) is 0 Å². The highest BCUT2D eigenvalue weighted by Crippen LogP contribution is 2.31. The average Bonchev–Trinajstić information content (AvgIpc) is 2.58. The summed E-state index contributed by atoms with van der Waals surface area (Å²) >= 11 is 0. The number of amides is 2. The Bertz CT molecular complexity index is 682. The lowest BCUT2D eigenvalue weighted by molar-refractivity contribution is 0.227. The van der Waals surface area contributed by atoms with Crippen molar-refractivity contribution in [2.24, 2.45) is 0 Å². The largest absolute Gasteiger partial charge is 0.323 e. The first kappa shape index (κ1) is 17.8. The van der Waals surface area contributed by atoms with Gasteiger partial charge in [0.2, 0.25) is 0 Å². The molecular formula is C20H25N3O. The molecule has 0 saturated carbocycles. The highest BCUT2D eigenvalue weighted by atomic mass is 16.2. The molecule has 0 heterocycles. The van der Waals surface area contributed by atoms with Crippen LogP contribution in [0, 0.1) is 0 Å². The van der Waals surface area contributed by atoms with Gasteiger partial charge in [0.1, 0.15) is 0 Å². The number of rotatable bonds is 6. The van der Waals surface area contributed by atoms with Crippen molar-refractivity contribution in [3.63, 3.8) is 0 Å². The molecule has 0 aliphatic heterocycles. The third kappa shape index (κ3) is 4.46. The van der Waals surface area contributed by atoms with Gasteiger partial charge in [-0.3, -0.25) is 4.90 Å². The minimum Gasteiger partial charge on any atom is -0.323 e. The Morgan fingerprint density at radius 2 is 1.71 bits per heavy atom. The third-order valence-corrected chi connectivity index (χ3v) is 4.05. The lowest BCUT2D eigenvalue weighted by Gasteiger charge is -2.23. The first-order valence-corrected chi connectivity index (χ1v) is 8.03. The van der Waals surface area contributed by atoms with Crippen LogP contribution in [0.1, 0.15) is 24.0 Å². The van der Waals surface area contributed by atoms with E-state index in [0.717, 1.165) is 16.8 Å². The quantitative estimate of drug-likeness (QED) is 0.622. The first-order valence-electron chi connectivity index (χ1n) is 8.03. The van der Waals surface area contributed by atoms with Crippen molar-refractivity contribution in [1.82, 2.24) is 10.2 Å². The van der Waals surface area contributed by atoms with E-state index in [4.69, 9.17) is 0 Å². The van der Waals surface area contributed by atoms with Gasteiger partial charge < -0.3 is 10.6 Å². The molecule has 0 fully saturated rings. The molecule has 0 bridgehead atoms. The lowest BCUT2D eigenvalue weighted by Crippen LogP contribution is -2.44. The van der Waals surface area contributed by atoms with Crippen LogP contribution >= 0.6 is 0 Å². The second-order valence-corrected chi connectivity index (χ2v) is 5.95. The predicted octanol–water partition coefficient (Wildman–Crippen LogP) is 4.03. The average molecular weight is 323 g/mol. The summed E-state index contributed by atoms with van der Waals surface area (Å²) in [5.41, 5.74) is 2.95. The number of carbonyl (C=O) groups excluding carboxylic acids is 1. The topological polar surface area (TPSA) is 44.4 Å². The van der Waals surface area contributed by atoms with E-state index >= 15 is 0 Å². The standard InChI is InChI=1S/C20H25N3O/c1-5-17(16-11-7-6-8-12-16)18-13-9-10-14-19(18)22-20(24)21-15(2)23(3)4/h5-15,17H,1H2,2-4H3,(H2,21,22,24). The van der Waals surface area contributed by atoms with Crippen LogP contribution in [0.2, 0.25) is 0 Å². The minimum absolute atomic E-state index is 0.0222. The molecule has 2 atom stereocenters. The molecule has 0 aliphatic carbocycles. The van der Waals surface area contributed by atoms with E-state index in [1.165, 1.54) is 0 Å². The summed E-state index contributed by atoms with van der Waals surface area (Å²) in [7, 11) is 3.84. The van der Waals surface area contributed by atoms with Crippen molar-refractivity contribution in [3.8, 4) is 0 Å². The van der Waals surface area contributed by atoms with Crippen molar-refractivity contribution < 1.29 is 4.79 Å². The number of para-hydroxylation sites is 1. The summed E-state index contributed by atoms with van der Waals surface area (Å²) in [5.74, 6) is 0.0222. The molecule has 0 aromatic heterocycles. The van der Waals surface area contributed by atoms with Gasteiger partial charge in [0.15, 0.2) is 0 Å². The van der Waals surface area contributed by atoms with Crippen LogP contribution in [0.5, 0.6) is 0 Å². The fourth-order valence-electron chi connectivity index (χ4n) is 2.46. The maximum Gasteiger partial charge on any atom is 0.320 e. The number of nitrogens with one attached hydrogen (secondary N) is 2. The lowest BCUT2D eigenvalue weighted by atomic mass is 9.90. The van der Waals surface area contributed by atoms with E-state index in [0.29, 0.717) is 0 Å². The maximum absolute atomic E-state index is 12.3. The zero-order chi connectivity index (χ0) is 17.5. The van der Waals surface area contributed by atoms with Gasteiger partial charge in [-0.05, 0) is 38.2 Å². The number of anilines is 1. The fourth-order valence-corrected chi connectivity index (χ4v) is 2.46. The second-order valence-electron chi connectivity index (χ2n) is 5.95. The van der Waals surface area contributed by atoms with Crippen LogP contribution in [0.15, 0.2) is 67.3 Å². The van der Waals surface area contributed by atoms with Crippen LogP contribution < -0.4 is 10.6 Å². The molecular weight excluding hydrogens is 298 g/mol. The molecule has 4 nitrogen and oxygen atoms in total. The predicted molar refractivity (Wildman–Crippen MR) is 100 cm³/mol. The zero-order valence-electron chi connectivity index (χ0n) is 14.5. The summed E-state index contributed by atoms with van der Waals surface area (Å²) < 4.78 is 0. The van der Waals surface area contributed by atoms with Crippen LogP contribution in [0.4, 0.5) is 10.5 Å². The normalized spacial score (nSPS) is 13.2. The Morgan fingerprint density at radius 1 is 1.08 bits per heavy atom. The van der Waals surface area contributed by atoms with Crippen molar-refractivity contribution in [1.29, 1.82) is 0 Å². The summed E-state index contributed by atoms with van der Waals surface area (Å²) in [6.07, 6.45) is 1.84. The van der Waals surface area contributed by atoms with Crippen molar-refractivity contribution in [3.05, 3.63) is 78.4 Å². The third-order valence-electron chi connectivity index (χ3n) is 4.05. The molecule has 2 rings (SSSR count). The molecule has 2 aromatic rings. The van der Waals surface area contributed by atoms with Gasteiger partial charge in [-0.15, -0.1) is 6.58 Å². The Hall–Kier alpha value is -2.59. The van der Waals surface area contributed by atoms with Gasteiger partial charge in [-0.25, -0.2) is 4.79 Å². The minimum atomic E-state index is -0.223. The fraction of sp³-hybridized carbons (Fsp3) is 0.250. The Labute approximate surface area is 144 Å². The first-order chi connectivity index (χ1) is 11.5. The molecule has 24 heavy (non-hydrogen) atoms. The van der Waals surface area contributed by atoms with Crippen molar-refractivity contribution in [2.45, 2.75) is 19.0 Å².